The molecule has 0 fully saturated rings. The maximum absolute atomic E-state index is 2.49. The molecule has 2 heterocycles. The van der Waals surface area contributed by atoms with Crippen molar-refractivity contribution in [3.63, 3.8) is 0 Å². The van der Waals surface area contributed by atoms with Gasteiger partial charge < -0.3 is 9.13 Å². The number of hydrogen-bond acceptors (Lipinski definition) is 0. The molecule has 2 aromatic heterocycles. The highest BCUT2D eigenvalue weighted by Gasteiger charge is 2.36. The summed E-state index contributed by atoms with van der Waals surface area (Å²) in [6.07, 6.45) is 0. The molecule has 0 bridgehead atoms. The van der Waals surface area contributed by atoms with Crippen LogP contribution in [0.2, 0.25) is 0 Å². The lowest BCUT2D eigenvalue weighted by atomic mass is 9.82. The van der Waals surface area contributed by atoms with E-state index in [9.17, 15) is 0 Å². The average molecular weight is 601 g/mol. The second kappa shape index (κ2) is 9.57. The van der Waals surface area contributed by atoms with E-state index in [0.29, 0.717) is 0 Å². The Bertz CT molecular complexity index is 2690. The van der Waals surface area contributed by atoms with Gasteiger partial charge >= 0.3 is 0 Å². The summed E-state index contributed by atoms with van der Waals surface area (Å²) in [5.74, 6) is 0. The Balaban J connectivity index is 1.29. The van der Waals surface area contributed by atoms with Gasteiger partial charge in [0.15, 0.2) is 0 Å². The van der Waals surface area contributed by atoms with E-state index < -0.39 is 0 Å². The molecule has 10 rings (SSSR count). The number of nitrogens with zero attached hydrogens (tertiary/aromatic N) is 2. The van der Waals surface area contributed by atoms with Gasteiger partial charge in [0.05, 0.1) is 22.1 Å². The van der Waals surface area contributed by atoms with Gasteiger partial charge in [0.1, 0.15) is 0 Å². The topological polar surface area (TPSA) is 9.86 Å². The molecule has 0 saturated carbocycles. The lowest BCUT2D eigenvalue weighted by Gasteiger charge is -2.21. The van der Waals surface area contributed by atoms with Crippen LogP contribution in [0.15, 0.2) is 158 Å². The molecular weight excluding hydrogens is 569 g/mol. The van der Waals surface area contributed by atoms with Gasteiger partial charge in [-0.2, -0.15) is 0 Å². The first-order valence-electron chi connectivity index (χ1n) is 16.4. The molecule has 0 atom stereocenters. The van der Waals surface area contributed by atoms with Crippen LogP contribution in [0.4, 0.5) is 0 Å². The first-order chi connectivity index (χ1) is 23.1. The van der Waals surface area contributed by atoms with Gasteiger partial charge in [-0.05, 0) is 94.0 Å². The zero-order valence-electron chi connectivity index (χ0n) is 26.4. The van der Waals surface area contributed by atoms with E-state index in [4.69, 9.17) is 0 Å². The van der Waals surface area contributed by atoms with Gasteiger partial charge in [0.25, 0.3) is 0 Å². The van der Waals surface area contributed by atoms with E-state index in [0.717, 1.165) is 0 Å². The number of hydrogen-bond donors (Lipinski definition) is 0. The molecule has 47 heavy (non-hydrogen) atoms. The van der Waals surface area contributed by atoms with Crippen molar-refractivity contribution in [2.24, 2.45) is 0 Å². The van der Waals surface area contributed by atoms with Gasteiger partial charge in [-0.15, -0.1) is 0 Å². The Kier molecular flexibility index (Phi) is 5.37. The summed E-state index contributed by atoms with van der Waals surface area (Å²) in [6.45, 7) is 4.74. The molecule has 222 valence electrons. The minimum atomic E-state index is -0.0797. The van der Waals surface area contributed by atoms with Crippen LogP contribution < -0.4 is 0 Å². The van der Waals surface area contributed by atoms with Crippen LogP contribution in [0.5, 0.6) is 0 Å². The first kappa shape index (κ1) is 26.4. The van der Waals surface area contributed by atoms with Crippen molar-refractivity contribution in [1.82, 2.24) is 9.13 Å². The normalized spacial score (nSPS) is 13.5. The average Bonchev–Trinajstić information content (AvgIpc) is 3.71. The standard InChI is InChI=1S/C45H32N2/c1-45(2)39-19-11-9-17-33(39)35-27-38-36-25-30(29-13-5-3-6-14-29)21-23-42(36)47(44(38)28-40(35)45)32-22-24-43-37(26-32)34-18-10-12-20-41(34)46(43)31-15-7-4-8-16-31/h3-28H,1-2H3. The number of aromatic nitrogens is 2. The SMILES string of the molecule is CC1(C)c2ccccc2-c2cc3c4cc(-c5ccccc5)ccc4n(-c4ccc5c(c4)c4ccccc4n5-c4ccccc4)c3cc21. The van der Waals surface area contributed by atoms with Crippen LogP contribution in [0, 0.1) is 0 Å². The fourth-order valence-corrected chi connectivity index (χ4v) is 8.26. The Morgan fingerprint density at radius 2 is 0.979 bits per heavy atom. The van der Waals surface area contributed by atoms with E-state index >= 15 is 0 Å². The second-order valence-corrected chi connectivity index (χ2v) is 13.4. The molecule has 0 unspecified atom stereocenters. The van der Waals surface area contributed by atoms with Crippen molar-refractivity contribution in [2.45, 2.75) is 19.3 Å². The summed E-state index contributed by atoms with van der Waals surface area (Å²) in [5, 5.41) is 5.08. The summed E-state index contributed by atoms with van der Waals surface area (Å²) in [5.41, 5.74) is 15.1. The maximum atomic E-state index is 2.49. The molecule has 0 aliphatic heterocycles. The van der Waals surface area contributed by atoms with E-state index in [2.05, 4.69) is 181 Å². The second-order valence-electron chi connectivity index (χ2n) is 13.4. The molecule has 7 aromatic carbocycles. The molecule has 1 aliphatic carbocycles. The highest BCUT2D eigenvalue weighted by atomic mass is 15.0. The lowest BCUT2D eigenvalue weighted by molar-refractivity contribution is 0.661. The minimum Gasteiger partial charge on any atom is -0.309 e. The summed E-state index contributed by atoms with van der Waals surface area (Å²) in [7, 11) is 0. The Labute approximate surface area is 273 Å². The molecule has 1 aliphatic rings. The summed E-state index contributed by atoms with van der Waals surface area (Å²) >= 11 is 0. The molecule has 2 nitrogen and oxygen atoms in total. The zero-order valence-corrected chi connectivity index (χ0v) is 26.4. The number of fused-ring (bicyclic) bond motifs is 9. The minimum absolute atomic E-state index is 0.0797. The molecule has 0 radical (unpaired) electrons. The highest BCUT2D eigenvalue weighted by molar-refractivity contribution is 6.14. The van der Waals surface area contributed by atoms with Crippen LogP contribution in [-0.4, -0.2) is 9.13 Å². The lowest BCUT2D eigenvalue weighted by Crippen LogP contribution is -2.14. The summed E-state index contributed by atoms with van der Waals surface area (Å²) in [6, 6.07) is 58.1. The summed E-state index contributed by atoms with van der Waals surface area (Å²) < 4.78 is 4.88. The number of para-hydroxylation sites is 2. The third-order valence-electron chi connectivity index (χ3n) is 10.5. The van der Waals surface area contributed by atoms with Crippen LogP contribution in [0.3, 0.4) is 0 Å². The Morgan fingerprint density at radius 3 is 1.81 bits per heavy atom. The zero-order chi connectivity index (χ0) is 31.3. The van der Waals surface area contributed by atoms with Crippen molar-refractivity contribution in [1.29, 1.82) is 0 Å². The van der Waals surface area contributed by atoms with Crippen LogP contribution in [0.1, 0.15) is 25.0 Å². The molecule has 0 saturated heterocycles. The first-order valence-corrected chi connectivity index (χ1v) is 16.4. The van der Waals surface area contributed by atoms with Crippen LogP contribution in [-0.2, 0) is 5.41 Å². The molecule has 0 amide bonds. The Hall–Kier alpha value is -5.86. The van der Waals surface area contributed by atoms with Crippen LogP contribution in [0.25, 0.3) is 77.2 Å². The fourth-order valence-electron chi connectivity index (χ4n) is 8.26. The number of benzene rings is 7. The van der Waals surface area contributed by atoms with E-state index in [1.807, 2.05) is 0 Å². The smallest absolute Gasteiger partial charge is 0.0544 e. The van der Waals surface area contributed by atoms with Crippen molar-refractivity contribution in [3.8, 4) is 33.6 Å². The van der Waals surface area contributed by atoms with E-state index in [-0.39, 0.29) is 5.41 Å². The predicted octanol–water partition coefficient (Wildman–Crippen LogP) is 11.9. The number of rotatable bonds is 3. The van der Waals surface area contributed by atoms with Crippen molar-refractivity contribution in [3.05, 3.63) is 169 Å². The molecule has 2 heteroatoms. The molecule has 0 spiro atoms. The molecule has 0 N–H and O–H groups in total. The van der Waals surface area contributed by atoms with Gasteiger partial charge in [0.2, 0.25) is 0 Å². The largest absolute Gasteiger partial charge is 0.309 e. The molecule has 9 aromatic rings. The van der Waals surface area contributed by atoms with Crippen LogP contribution >= 0.6 is 0 Å². The van der Waals surface area contributed by atoms with E-state index in [1.165, 1.54) is 88.4 Å². The predicted molar refractivity (Wildman–Crippen MR) is 198 cm³/mol. The van der Waals surface area contributed by atoms with Crippen molar-refractivity contribution < 1.29 is 0 Å². The third kappa shape index (κ3) is 3.67. The quantitative estimate of drug-likeness (QED) is 0.191. The maximum Gasteiger partial charge on any atom is 0.0544 e. The Morgan fingerprint density at radius 1 is 0.362 bits per heavy atom. The van der Waals surface area contributed by atoms with Gasteiger partial charge in [0, 0.05) is 38.3 Å². The van der Waals surface area contributed by atoms with Crippen molar-refractivity contribution in [2.75, 3.05) is 0 Å². The van der Waals surface area contributed by atoms with Gasteiger partial charge in [-0.3, -0.25) is 0 Å². The van der Waals surface area contributed by atoms with Crippen molar-refractivity contribution >= 4 is 43.6 Å². The summed E-state index contributed by atoms with van der Waals surface area (Å²) in [4.78, 5) is 0. The highest BCUT2D eigenvalue weighted by Crippen LogP contribution is 2.51. The molecular formula is C45H32N2. The third-order valence-corrected chi connectivity index (χ3v) is 10.5. The van der Waals surface area contributed by atoms with Gasteiger partial charge in [-0.25, -0.2) is 0 Å². The van der Waals surface area contributed by atoms with E-state index in [1.54, 1.807) is 0 Å². The fraction of sp³-hybridized carbons (Fsp3) is 0.0667. The monoisotopic (exact) mass is 600 g/mol. The van der Waals surface area contributed by atoms with Gasteiger partial charge in [-0.1, -0.05) is 111 Å².